The summed E-state index contributed by atoms with van der Waals surface area (Å²) < 4.78 is 1.93. The molecule has 1 aliphatic heterocycles. The molecule has 1 saturated heterocycles. The van der Waals surface area contributed by atoms with Gasteiger partial charge in [0.05, 0.1) is 17.3 Å². The van der Waals surface area contributed by atoms with E-state index in [4.69, 9.17) is 0 Å². The second-order valence-corrected chi connectivity index (χ2v) is 6.97. The summed E-state index contributed by atoms with van der Waals surface area (Å²) in [4.78, 5) is 11.5. The van der Waals surface area contributed by atoms with Crippen molar-refractivity contribution in [3.05, 3.63) is 41.9 Å². The Labute approximate surface area is 142 Å². The summed E-state index contributed by atoms with van der Waals surface area (Å²) in [5, 5.41) is 5.65. The minimum absolute atomic E-state index is 0.707. The molecule has 0 saturated carbocycles. The highest BCUT2D eigenvalue weighted by Gasteiger charge is 2.21. The zero-order valence-electron chi connectivity index (χ0n) is 14.5. The average Bonchev–Trinajstić information content (AvgIpc) is 2.99. The van der Waals surface area contributed by atoms with Crippen LogP contribution < -0.4 is 4.90 Å². The SMILES string of the molecule is Cc1ccc(-n2ncc3c(N4CCC[C@H](C)C4)ncnc32)c(C)c1. The lowest BCUT2D eigenvalue weighted by Gasteiger charge is -2.31. The van der Waals surface area contributed by atoms with Crippen molar-refractivity contribution in [1.29, 1.82) is 0 Å². The van der Waals surface area contributed by atoms with E-state index in [9.17, 15) is 0 Å². The number of rotatable bonds is 2. The van der Waals surface area contributed by atoms with Crippen LogP contribution in [-0.4, -0.2) is 32.8 Å². The zero-order valence-corrected chi connectivity index (χ0v) is 14.5. The molecule has 5 nitrogen and oxygen atoms in total. The van der Waals surface area contributed by atoms with Crippen molar-refractivity contribution in [3.63, 3.8) is 0 Å². The van der Waals surface area contributed by atoms with E-state index in [2.05, 4.69) is 58.9 Å². The molecule has 1 atom stereocenters. The number of aromatic nitrogens is 4. The average molecular weight is 321 g/mol. The first-order valence-corrected chi connectivity index (χ1v) is 8.65. The van der Waals surface area contributed by atoms with Crippen molar-refractivity contribution < 1.29 is 0 Å². The Morgan fingerprint density at radius 1 is 1.17 bits per heavy atom. The largest absolute Gasteiger partial charge is 0.356 e. The van der Waals surface area contributed by atoms with Gasteiger partial charge >= 0.3 is 0 Å². The quantitative estimate of drug-likeness (QED) is 0.722. The number of nitrogens with zero attached hydrogens (tertiary/aromatic N) is 5. The smallest absolute Gasteiger partial charge is 0.168 e. The summed E-state index contributed by atoms with van der Waals surface area (Å²) in [6.07, 6.45) is 6.09. The fourth-order valence-corrected chi connectivity index (χ4v) is 3.68. The highest BCUT2D eigenvalue weighted by Crippen LogP contribution is 2.28. The molecule has 4 rings (SSSR count). The third kappa shape index (κ3) is 2.54. The van der Waals surface area contributed by atoms with Crippen LogP contribution >= 0.6 is 0 Å². The van der Waals surface area contributed by atoms with Crippen LogP contribution in [0.3, 0.4) is 0 Å². The number of hydrogen-bond acceptors (Lipinski definition) is 4. The van der Waals surface area contributed by atoms with E-state index in [0.29, 0.717) is 5.92 Å². The van der Waals surface area contributed by atoms with Gasteiger partial charge in [-0.2, -0.15) is 5.10 Å². The van der Waals surface area contributed by atoms with Gasteiger partial charge in [-0.1, -0.05) is 24.6 Å². The predicted molar refractivity (Wildman–Crippen MR) is 96.7 cm³/mol. The lowest BCUT2D eigenvalue weighted by Crippen LogP contribution is -2.34. The van der Waals surface area contributed by atoms with E-state index in [0.717, 1.165) is 35.6 Å². The summed E-state index contributed by atoms with van der Waals surface area (Å²) in [6, 6.07) is 6.41. The van der Waals surface area contributed by atoms with Crippen LogP contribution in [0.2, 0.25) is 0 Å². The summed E-state index contributed by atoms with van der Waals surface area (Å²) in [5.74, 6) is 1.72. The van der Waals surface area contributed by atoms with Crippen LogP contribution in [0.1, 0.15) is 30.9 Å². The molecule has 0 N–H and O–H groups in total. The predicted octanol–water partition coefficient (Wildman–Crippen LogP) is 3.67. The standard InChI is InChI=1S/C19H23N5/c1-13-6-7-17(15(3)9-13)24-19-16(10-22-24)18(20-12-21-19)23-8-4-5-14(2)11-23/h6-7,9-10,12,14H,4-5,8,11H2,1-3H3/t14-/m0/s1. The van der Waals surface area contributed by atoms with Gasteiger partial charge in [0.1, 0.15) is 12.1 Å². The van der Waals surface area contributed by atoms with Crippen molar-refractivity contribution in [2.75, 3.05) is 18.0 Å². The van der Waals surface area contributed by atoms with E-state index in [1.165, 1.54) is 24.0 Å². The number of hydrogen-bond donors (Lipinski definition) is 0. The third-order valence-electron chi connectivity index (χ3n) is 4.88. The van der Waals surface area contributed by atoms with Crippen molar-refractivity contribution in [2.45, 2.75) is 33.6 Å². The van der Waals surface area contributed by atoms with E-state index in [1.54, 1.807) is 6.33 Å². The first kappa shape index (κ1) is 15.1. The summed E-state index contributed by atoms with van der Waals surface area (Å²) in [7, 11) is 0. The van der Waals surface area contributed by atoms with Crippen LogP contribution in [-0.2, 0) is 0 Å². The molecule has 0 radical (unpaired) electrons. The second kappa shape index (κ2) is 5.89. The number of benzene rings is 1. The number of fused-ring (bicyclic) bond motifs is 1. The van der Waals surface area contributed by atoms with Gasteiger partial charge in [-0.15, -0.1) is 0 Å². The molecule has 0 aliphatic carbocycles. The Morgan fingerprint density at radius 2 is 2.04 bits per heavy atom. The van der Waals surface area contributed by atoms with Gasteiger partial charge in [-0.05, 0) is 44.2 Å². The minimum atomic E-state index is 0.707. The lowest BCUT2D eigenvalue weighted by atomic mass is 10.0. The van der Waals surface area contributed by atoms with Gasteiger partial charge < -0.3 is 4.90 Å². The Balaban J connectivity index is 1.82. The van der Waals surface area contributed by atoms with Crippen LogP contribution in [0, 0.1) is 19.8 Å². The zero-order chi connectivity index (χ0) is 16.7. The van der Waals surface area contributed by atoms with Crippen molar-refractivity contribution in [3.8, 4) is 5.69 Å². The van der Waals surface area contributed by atoms with Crippen LogP contribution in [0.25, 0.3) is 16.7 Å². The number of anilines is 1. The monoisotopic (exact) mass is 321 g/mol. The summed E-state index contributed by atoms with van der Waals surface area (Å²) in [6.45, 7) is 8.65. The normalized spacial score (nSPS) is 18.3. The fourth-order valence-electron chi connectivity index (χ4n) is 3.68. The molecule has 1 fully saturated rings. The van der Waals surface area contributed by atoms with Gasteiger partial charge in [0.25, 0.3) is 0 Å². The molecule has 3 heterocycles. The van der Waals surface area contributed by atoms with E-state index in [1.807, 2.05) is 10.9 Å². The van der Waals surface area contributed by atoms with Crippen LogP contribution in [0.4, 0.5) is 5.82 Å². The molecule has 5 heteroatoms. The Morgan fingerprint density at radius 3 is 2.83 bits per heavy atom. The molecule has 2 aromatic heterocycles. The highest BCUT2D eigenvalue weighted by molar-refractivity contribution is 5.87. The highest BCUT2D eigenvalue weighted by atomic mass is 15.3. The molecule has 24 heavy (non-hydrogen) atoms. The molecule has 1 aliphatic rings. The topological polar surface area (TPSA) is 46.8 Å². The third-order valence-corrected chi connectivity index (χ3v) is 4.88. The molecule has 124 valence electrons. The minimum Gasteiger partial charge on any atom is -0.356 e. The molecule has 3 aromatic rings. The van der Waals surface area contributed by atoms with E-state index < -0.39 is 0 Å². The van der Waals surface area contributed by atoms with Gasteiger partial charge in [0, 0.05) is 13.1 Å². The fraction of sp³-hybridized carbons (Fsp3) is 0.421. The second-order valence-electron chi connectivity index (χ2n) is 6.97. The molecule has 1 aromatic carbocycles. The van der Waals surface area contributed by atoms with Crippen LogP contribution in [0.5, 0.6) is 0 Å². The Hall–Kier alpha value is -2.43. The first-order valence-electron chi connectivity index (χ1n) is 8.65. The first-order chi connectivity index (χ1) is 11.6. The van der Waals surface area contributed by atoms with E-state index in [-0.39, 0.29) is 0 Å². The molecule has 0 bridgehead atoms. The van der Waals surface area contributed by atoms with Crippen molar-refractivity contribution >= 4 is 16.9 Å². The lowest BCUT2D eigenvalue weighted by molar-refractivity contribution is 0.445. The molecule has 0 amide bonds. The molecule has 0 unspecified atom stereocenters. The Kier molecular flexibility index (Phi) is 3.71. The van der Waals surface area contributed by atoms with Gasteiger partial charge in [-0.25, -0.2) is 14.6 Å². The Bertz CT molecular complexity index is 883. The molecular formula is C19H23N5. The molecular weight excluding hydrogens is 298 g/mol. The summed E-state index contributed by atoms with van der Waals surface area (Å²) in [5.41, 5.74) is 4.41. The van der Waals surface area contributed by atoms with Crippen LogP contribution in [0.15, 0.2) is 30.7 Å². The van der Waals surface area contributed by atoms with Gasteiger partial charge in [0.2, 0.25) is 0 Å². The van der Waals surface area contributed by atoms with Gasteiger partial charge in [-0.3, -0.25) is 0 Å². The van der Waals surface area contributed by atoms with Crippen molar-refractivity contribution in [1.82, 2.24) is 19.7 Å². The van der Waals surface area contributed by atoms with Gasteiger partial charge in [0.15, 0.2) is 5.65 Å². The maximum absolute atomic E-state index is 4.62. The maximum atomic E-state index is 4.62. The number of aryl methyl sites for hydroxylation is 2. The van der Waals surface area contributed by atoms with E-state index >= 15 is 0 Å². The maximum Gasteiger partial charge on any atom is 0.168 e. The molecule has 0 spiro atoms. The number of piperidine rings is 1. The van der Waals surface area contributed by atoms with Crippen molar-refractivity contribution in [2.24, 2.45) is 5.92 Å². The summed E-state index contributed by atoms with van der Waals surface area (Å²) >= 11 is 0.